The molecule has 38 heavy (non-hydrogen) atoms. The fourth-order valence-corrected chi connectivity index (χ4v) is 4.91. The zero-order valence-electron chi connectivity index (χ0n) is 20.9. The van der Waals surface area contributed by atoms with E-state index in [-0.39, 0.29) is 37.6 Å². The van der Waals surface area contributed by atoms with Crippen LogP contribution < -0.4 is 10.8 Å². The summed E-state index contributed by atoms with van der Waals surface area (Å²) in [4.78, 5) is 23.3. The van der Waals surface area contributed by atoms with E-state index in [9.17, 15) is 14.7 Å². The molecule has 2 aromatic carbocycles. The van der Waals surface area contributed by atoms with Crippen molar-refractivity contribution in [2.45, 2.75) is 55.9 Å². The second-order valence-corrected chi connectivity index (χ2v) is 9.93. The van der Waals surface area contributed by atoms with Crippen LogP contribution in [0.1, 0.15) is 54.8 Å². The van der Waals surface area contributed by atoms with Gasteiger partial charge >= 0.3 is 0 Å². The molecule has 11 nitrogen and oxygen atoms in total. The van der Waals surface area contributed by atoms with Crippen LogP contribution in [0.15, 0.2) is 60.0 Å². The van der Waals surface area contributed by atoms with Crippen molar-refractivity contribution in [3.05, 3.63) is 71.5 Å². The summed E-state index contributed by atoms with van der Waals surface area (Å²) in [6, 6.07) is 15.0. The zero-order chi connectivity index (χ0) is 26.9. The highest BCUT2D eigenvalue weighted by atomic mass is 32.2. The van der Waals surface area contributed by atoms with Crippen LogP contribution in [0.2, 0.25) is 0 Å². The normalized spacial score (nSPS) is 19.2. The summed E-state index contributed by atoms with van der Waals surface area (Å²) in [7, 11) is 1.90. The van der Waals surface area contributed by atoms with E-state index in [2.05, 4.69) is 15.5 Å². The molecule has 1 aliphatic rings. The number of carbonyl (C=O) groups excluding carboxylic acids is 2. The van der Waals surface area contributed by atoms with Gasteiger partial charge in [0.2, 0.25) is 11.8 Å². The molecular formula is C26H31N5O6S. The molecular weight excluding hydrogens is 510 g/mol. The fraction of sp³-hybridized carbons (Fsp3) is 0.385. The zero-order valence-corrected chi connectivity index (χ0v) is 21.8. The minimum absolute atomic E-state index is 0.0185. The number of aryl methyl sites for hydroxylation is 1. The van der Waals surface area contributed by atoms with Crippen molar-refractivity contribution in [2.24, 2.45) is 7.05 Å². The first-order chi connectivity index (χ1) is 18.4. The highest BCUT2D eigenvalue weighted by molar-refractivity contribution is 7.99. The van der Waals surface area contributed by atoms with E-state index in [0.29, 0.717) is 24.3 Å². The number of hydroxylamine groups is 1. The van der Waals surface area contributed by atoms with E-state index in [0.717, 1.165) is 21.8 Å². The Morgan fingerprint density at radius 3 is 2.42 bits per heavy atom. The smallest absolute Gasteiger partial charge is 0.243 e. The van der Waals surface area contributed by atoms with Gasteiger partial charge in [-0.05, 0) is 29.7 Å². The lowest BCUT2D eigenvalue weighted by atomic mass is 10.0. The number of hydrogen-bond donors (Lipinski definition) is 4. The van der Waals surface area contributed by atoms with Crippen LogP contribution in [0.3, 0.4) is 0 Å². The van der Waals surface area contributed by atoms with Crippen molar-refractivity contribution >= 4 is 29.3 Å². The number of anilines is 1. The Morgan fingerprint density at radius 1 is 1.05 bits per heavy atom. The van der Waals surface area contributed by atoms with Crippen molar-refractivity contribution < 1.29 is 29.4 Å². The molecule has 12 heteroatoms. The van der Waals surface area contributed by atoms with Crippen LogP contribution in [0.25, 0.3) is 0 Å². The molecule has 0 aliphatic carbocycles. The number of carbonyl (C=O) groups is 2. The monoisotopic (exact) mass is 541 g/mol. The third-order valence-electron chi connectivity index (χ3n) is 6.08. The number of aliphatic hydroxyl groups is 1. The van der Waals surface area contributed by atoms with Crippen LogP contribution in [0.5, 0.6) is 0 Å². The number of nitrogens with one attached hydrogen (secondary N) is 2. The van der Waals surface area contributed by atoms with Gasteiger partial charge in [-0.1, -0.05) is 48.2 Å². The molecule has 3 unspecified atom stereocenters. The van der Waals surface area contributed by atoms with Crippen LogP contribution in [0, 0.1) is 0 Å². The van der Waals surface area contributed by atoms with E-state index in [1.54, 1.807) is 35.7 Å². The second-order valence-electron chi connectivity index (χ2n) is 8.94. The molecule has 2 amide bonds. The number of benzene rings is 2. The number of aliphatic hydroxyl groups excluding tert-OH is 1. The summed E-state index contributed by atoms with van der Waals surface area (Å²) in [5.74, 6) is -0.0773. The lowest BCUT2D eigenvalue weighted by Gasteiger charge is -2.36. The lowest BCUT2D eigenvalue weighted by molar-refractivity contribution is -0.245. The molecule has 4 rings (SSSR count). The maximum absolute atomic E-state index is 12.2. The van der Waals surface area contributed by atoms with Gasteiger partial charge in [0.15, 0.2) is 11.4 Å². The Morgan fingerprint density at radius 2 is 1.76 bits per heavy atom. The van der Waals surface area contributed by atoms with E-state index in [4.69, 9.17) is 14.7 Å². The third kappa shape index (κ3) is 7.62. The average Bonchev–Trinajstić information content (AvgIpc) is 3.36. The van der Waals surface area contributed by atoms with Crippen LogP contribution in [-0.2, 0) is 32.7 Å². The van der Waals surface area contributed by atoms with Crippen LogP contribution >= 0.6 is 11.8 Å². The highest BCUT2D eigenvalue weighted by Crippen LogP contribution is 2.39. The predicted octanol–water partition coefficient (Wildman–Crippen LogP) is 3.26. The largest absolute Gasteiger partial charge is 0.392 e. The number of amides is 2. The Labute approximate surface area is 224 Å². The van der Waals surface area contributed by atoms with Crippen LogP contribution in [-0.4, -0.2) is 48.7 Å². The van der Waals surface area contributed by atoms with Gasteiger partial charge < -0.3 is 24.5 Å². The first-order valence-corrected chi connectivity index (χ1v) is 13.2. The third-order valence-corrected chi connectivity index (χ3v) is 7.25. The minimum Gasteiger partial charge on any atom is -0.392 e. The maximum Gasteiger partial charge on any atom is 0.243 e. The molecule has 1 aromatic heterocycles. The van der Waals surface area contributed by atoms with E-state index in [1.807, 2.05) is 48.0 Å². The topological polar surface area (TPSA) is 148 Å². The van der Waals surface area contributed by atoms with Gasteiger partial charge in [-0.25, -0.2) is 5.48 Å². The highest BCUT2D eigenvalue weighted by Gasteiger charge is 2.32. The van der Waals surface area contributed by atoms with Crippen molar-refractivity contribution in [2.75, 3.05) is 11.1 Å². The van der Waals surface area contributed by atoms with Crippen molar-refractivity contribution in [3.8, 4) is 0 Å². The standard InChI is InChI=1S/C26H31N5O6S/c1-31-16-27-29-26(31)38-15-21-13-22(18-7-5-17(14-32)6-8-18)37-25(36-21)19-9-11-20(12-10-19)28-23(33)3-2-4-24(34)30-35/h5-12,16,21-22,25,32,35H,2-4,13-15H2,1H3,(H,28,33)(H,30,34). The molecule has 0 spiro atoms. The van der Waals surface area contributed by atoms with Gasteiger partial charge in [0.1, 0.15) is 6.33 Å². The van der Waals surface area contributed by atoms with Gasteiger partial charge in [0, 0.05) is 43.3 Å². The quantitative estimate of drug-likeness (QED) is 0.163. The maximum atomic E-state index is 12.2. The number of aromatic nitrogens is 3. The number of nitrogens with zero attached hydrogens (tertiary/aromatic N) is 3. The average molecular weight is 542 g/mol. The number of rotatable bonds is 11. The molecule has 2 heterocycles. The minimum atomic E-state index is -0.613. The molecule has 1 saturated heterocycles. The summed E-state index contributed by atoms with van der Waals surface area (Å²) < 4.78 is 14.5. The Bertz CT molecular complexity index is 1200. The SMILES string of the molecule is Cn1cnnc1SCC1CC(c2ccc(CO)cc2)OC(c2ccc(NC(=O)CCCC(=O)NO)cc2)O1. The van der Waals surface area contributed by atoms with Crippen molar-refractivity contribution in [1.82, 2.24) is 20.2 Å². The molecule has 0 saturated carbocycles. The summed E-state index contributed by atoms with van der Waals surface area (Å²) in [6.07, 6.45) is 1.93. The number of ether oxygens (including phenoxy) is 2. The second kappa shape index (κ2) is 13.5. The van der Waals surface area contributed by atoms with E-state index in [1.165, 1.54) is 0 Å². The number of hydrogen-bond acceptors (Lipinski definition) is 9. The molecule has 0 radical (unpaired) electrons. The van der Waals surface area contributed by atoms with Crippen molar-refractivity contribution in [3.63, 3.8) is 0 Å². The molecule has 202 valence electrons. The van der Waals surface area contributed by atoms with Gasteiger partial charge in [-0.2, -0.15) is 0 Å². The van der Waals surface area contributed by atoms with Gasteiger partial charge in [0.05, 0.1) is 18.8 Å². The molecule has 3 atom stereocenters. The molecule has 1 aliphatic heterocycles. The van der Waals surface area contributed by atoms with Gasteiger partial charge in [-0.3, -0.25) is 14.8 Å². The lowest BCUT2D eigenvalue weighted by Crippen LogP contribution is -2.31. The van der Waals surface area contributed by atoms with E-state index >= 15 is 0 Å². The Hall–Kier alpha value is -3.29. The van der Waals surface area contributed by atoms with Gasteiger partial charge in [0.25, 0.3) is 0 Å². The first kappa shape index (κ1) is 27.7. The number of thioether (sulfide) groups is 1. The summed E-state index contributed by atoms with van der Waals surface area (Å²) in [6.45, 7) is -0.0185. The molecule has 0 bridgehead atoms. The summed E-state index contributed by atoms with van der Waals surface area (Å²) >= 11 is 1.57. The Kier molecular flexibility index (Phi) is 9.85. The summed E-state index contributed by atoms with van der Waals surface area (Å²) in [5, 5.41) is 29.6. The van der Waals surface area contributed by atoms with E-state index < -0.39 is 12.2 Å². The Balaban J connectivity index is 1.42. The van der Waals surface area contributed by atoms with Crippen molar-refractivity contribution in [1.29, 1.82) is 0 Å². The van der Waals surface area contributed by atoms with Gasteiger partial charge in [-0.15, -0.1) is 10.2 Å². The molecule has 1 fully saturated rings. The van der Waals surface area contributed by atoms with Crippen LogP contribution in [0.4, 0.5) is 5.69 Å². The predicted molar refractivity (Wildman–Crippen MR) is 139 cm³/mol. The molecule has 4 N–H and O–H groups in total. The first-order valence-electron chi connectivity index (χ1n) is 12.3. The fourth-order valence-electron chi connectivity index (χ4n) is 4.01. The molecule has 3 aromatic rings. The summed E-state index contributed by atoms with van der Waals surface area (Å²) in [5.41, 5.74) is 4.82.